The number of carbonyl (C=O) groups is 2. The number of likely N-dealkylation sites (tertiary alicyclic amines) is 1. The van der Waals surface area contributed by atoms with E-state index in [4.69, 9.17) is 4.74 Å². The second-order valence-electron chi connectivity index (χ2n) is 9.59. The highest BCUT2D eigenvalue weighted by molar-refractivity contribution is 5.98. The van der Waals surface area contributed by atoms with Crippen LogP contribution >= 0.6 is 0 Å². The molecule has 0 bridgehead atoms. The third-order valence-corrected chi connectivity index (χ3v) is 6.89. The number of ether oxygens (including phenoxy) is 1. The van der Waals surface area contributed by atoms with Crippen molar-refractivity contribution < 1.29 is 14.3 Å². The Balaban J connectivity index is 1.08. The Bertz CT molecular complexity index is 955. The maximum atomic E-state index is 12.3. The van der Waals surface area contributed by atoms with Gasteiger partial charge in [-0.2, -0.15) is 0 Å². The number of anilines is 1. The lowest BCUT2D eigenvalue weighted by Crippen LogP contribution is -2.40. The Kier molecular flexibility index (Phi) is 8.58. The van der Waals surface area contributed by atoms with Crippen molar-refractivity contribution in [2.45, 2.75) is 45.4 Å². The van der Waals surface area contributed by atoms with Gasteiger partial charge in [-0.05, 0) is 87.8 Å². The number of rotatable bonds is 10. The number of benzene rings is 2. The number of piperidine rings is 1. The number of fused-ring (bicyclic) bond motifs is 1. The third-order valence-electron chi connectivity index (χ3n) is 6.89. The van der Waals surface area contributed by atoms with Crippen LogP contribution in [0.1, 0.15) is 43.2 Å². The maximum absolute atomic E-state index is 12.3. The number of aryl methyl sites for hydroxylation is 1. The Morgan fingerprint density at radius 2 is 1.85 bits per heavy atom. The van der Waals surface area contributed by atoms with Crippen LogP contribution in [0, 0.1) is 12.8 Å². The molecule has 2 heterocycles. The molecule has 1 saturated heterocycles. The molecule has 0 atom stereocenters. The second-order valence-corrected chi connectivity index (χ2v) is 9.59. The van der Waals surface area contributed by atoms with Gasteiger partial charge in [-0.3, -0.25) is 9.59 Å². The van der Waals surface area contributed by atoms with Gasteiger partial charge >= 0.3 is 0 Å². The Hall–Kier alpha value is -2.86. The first-order chi connectivity index (χ1) is 16.6. The zero-order chi connectivity index (χ0) is 23.8. The normalized spacial score (nSPS) is 16.7. The first-order valence-corrected chi connectivity index (χ1v) is 12.7. The minimum atomic E-state index is -0.0500. The monoisotopic (exact) mass is 463 g/mol. The standard InChI is InChI=1S/C28H37N3O3/c1-22-10-11-26-25(19-22)31(28(33)21-34-26)16-5-9-27(32)29-14-6-15-30-17-12-24(13-18-30)20-23-7-3-2-4-8-23/h2-4,7-8,10-11,19,24H,5-6,9,12-18,20-21H2,1H3,(H,29,32). The van der Waals surface area contributed by atoms with Gasteiger partial charge in [0.15, 0.2) is 6.61 Å². The van der Waals surface area contributed by atoms with E-state index in [0.717, 1.165) is 49.0 Å². The smallest absolute Gasteiger partial charge is 0.265 e. The lowest BCUT2D eigenvalue weighted by Gasteiger charge is -2.32. The molecular formula is C28H37N3O3. The van der Waals surface area contributed by atoms with Crippen molar-refractivity contribution in [3.8, 4) is 5.75 Å². The highest BCUT2D eigenvalue weighted by Gasteiger charge is 2.25. The molecule has 0 saturated carbocycles. The van der Waals surface area contributed by atoms with E-state index in [1.54, 1.807) is 4.90 Å². The van der Waals surface area contributed by atoms with Crippen LogP contribution in [0.5, 0.6) is 5.75 Å². The number of nitrogens with zero attached hydrogens (tertiary/aromatic N) is 2. The molecule has 34 heavy (non-hydrogen) atoms. The molecule has 0 aromatic heterocycles. The molecule has 0 spiro atoms. The van der Waals surface area contributed by atoms with E-state index in [1.165, 1.54) is 24.8 Å². The molecule has 2 amide bonds. The van der Waals surface area contributed by atoms with Gasteiger partial charge in [0.2, 0.25) is 5.91 Å². The topological polar surface area (TPSA) is 61.9 Å². The molecule has 0 radical (unpaired) electrons. The van der Waals surface area contributed by atoms with Crippen molar-refractivity contribution in [1.82, 2.24) is 10.2 Å². The van der Waals surface area contributed by atoms with E-state index in [1.807, 2.05) is 25.1 Å². The van der Waals surface area contributed by atoms with Crippen LogP contribution in [-0.4, -0.2) is 56.0 Å². The average Bonchev–Trinajstić information content (AvgIpc) is 2.85. The number of carbonyl (C=O) groups excluding carboxylic acids is 2. The number of nitrogens with one attached hydrogen (secondary N) is 1. The zero-order valence-corrected chi connectivity index (χ0v) is 20.3. The molecule has 0 unspecified atom stereocenters. The Labute approximate surface area is 203 Å². The summed E-state index contributed by atoms with van der Waals surface area (Å²) in [5, 5.41) is 3.05. The van der Waals surface area contributed by atoms with E-state index in [0.29, 0.717) is 25.9 Å². The van der Waals surface area contributed by atoms with Crippen LogP contribution in [-0.2, 0) is 16.0 Å². The summed E-state index contributed by atoms with van der Waals surface area (Å²) >= 11 is 0. The van der Waals surface area contributed by atoms with Crippen LogP contribution in [0.4, 0.5) is 5.69 Å². The van der Waals surface area contributed by atoms with E-state index in [-0.39, 0.29) is 18.4 Å². The molecule has 2 aromatic carbocycles. The van der Waals surface area contributed by atoms with Crippen LogP contribution in [0.25, 0.3) is 0 Å². The summed E-state index contributed by atoms with van der Waals surface area (Å²) in [5.41, 5.74) is 3.34. The van der Waals surface area contributed by atoms with E-state index < -0.39 is 0 Å². The lowest BCUT2D eigenvalue weighted by atomic mass is 9.90. The van der Waals surface area contributed by atoms with Gasteiger partial charge < -0.3 is 19.9 Å². The average molecular weight is 464 g/mol. The van der Waals surface area contributed by atoms with Gasteiger partial charge in [-0.15, -0.1) is 0 Å². The molecule has 1 N–H and O–H groups in total. The summed E-state index contributed by atoms with van der Waals surface area (Å²) in [7, 11) is 0. The van der Waals surface area contributed by atoms with Crippen molar-refractivity contribution in [2.75, 3.05) is 44.2 Å². The van der Waals surface area contributed by atoms with Crippen LogP contribution in [0.15, 0.2) is 48.5 Å². The molecule has 6 heteroatoms. The van der Waals surface area contributed by atoms with Crippen LogP contribution < -0.4 is 15.0 Å². The highest BCUT2D eigenvalue weighted by atomic mass is 16.5. The molecule has 6 nitrogen and oxygen atoms in total. The summed E-state index contributed by atoms with van der Waals surface area (Å²) in [6.45, 7) is 6.64. The van der Waals surface area contributed by atoms with Crippen molar-refractivity contribution in [3.63, 3.8) is 0 Å². The fourth-order valence-corrected chi connectivity index (χ4v) is 4.94. The largest absolute Gasteiger partial charge is 0.482 e. The molecular weight excluding hydrogens is 426 g/mol. The van der Waals surface area contributed by atoms with Gasteiger partial charge in [0.05, 0.1) is 5.69 Å². The number of hydrogen-bond acceptors (Lipinski definition) is 4. The summed E-state index contributed by atoms with van der Waals surface area (Å²) in [4.78, 5) is 28.9. The van der Waals surface area contributed by atoms with Crippen molar-refractivity contribution in [2.24, 2.45) is 5.92 Å². The van der Waals surface area contributed by atoms with E-state index in [9.17, 15) is 9.59 Å². The predicted octanol–water partition coefficient (Wildman–Crippen LogP) is 3.96. The van der Waals surface area contributed by atoms with Crippen LogP contribution in [0.2, 0.25) is 0 Å². The molecule has 2 aromatic rings. The fraction of sp³-hybridized carbons (Fsp3) is 0.500. The summed E-state index contributed by atoms with van der Waals surface area (Å²) in [5.74, 6) is 1.53. The first-order valence-electron chi connectivity index (χ1n) is 12.7. The van der Waals surface area contributed by atoms with Gasteiger partial charge in [0.25, 0.3) is 5.91 Å². The molecule has 182 valence electrons. The molecule has 0 aliphatic carbocycles. The van der Waals surface area contributed by atoms with Crippen molar-refractivity contribution >= 4 is 17.5 Å². The number of hydrogen-bond donors (Lipinski definition) is 1. The lowest BCUT2D eigenvalue weighted by molar-refractivity contribution is -0.122. The van der Waals surface area contributed by atoms with Gasteiger partial charge in [-0.25, -0.2) is 0 Å². The van der Waals surface area contributed by atoms with Gasteiger partial charge in [0, 0.05) is 19.5 Å². The molecule has 2 aliphatic rings. The van der Waals surface area contributed by atoms with E-state index in [2.05, 4.69) is 40.5 Å². The molecule has 2 aliphatic heterocycles. The maximum Gasteiger partial charge on any atom is 0.265 e. The van der Waals surface area contributed by atoms with Crippen LogP contribution in [0.3, 0.4) is 0 Å². The Morgan fingerprint density at radius 3 is 2.65 bits per heavy atom. The molecule has 1 fully saturated rings. The minimum Gasteiger partial charge on any atom is -0.482 e. The van der Waals surface area contributed by atoms with Gasteiger partial charge in [0.1, 0.15) is 5.75 Å². The third kappa shape index (κ3) is 6.83. The summed E-state index contributed by atoms with van der Waals surface area (Å²) in [6, 6.07) is 16.6. The predicted molar refractivity (Wildman–Crippen MR) is 135 cm³/mol. The Morgan fingerprint density at radius 1 is 1.06 bits per heavy atom. The van der Waals surface area contributed by atoms with Crippen molar-refractivity contribution in [1.29, 1.82) is 0 Å². The fourth-order valence-electron chi connectivity index (χ4n) is 4.94. The first kappa shape index (κ1) is 24.3. The zero-order valence-electron chi connectivity index (χ0n) is 20.3. The second kappa shape index (κ2) is 12.0. The molecule has 4 rings (SSSR count). The SMILES string of the molecule is Cc1ccc2c(c1)N(CCCC(=O)NCCCN1CCC(Cc3ccccc3)CC1)C(=O)CO2. The highest BCUT2D eigenvalue weighted by Crippen LogP contribution is 2.33. The summed E-state index contributed by atoms with van der Waals surface area (Å²) in [6.07, 6.45) is 5.74. The summed E-state index contributed by atoms with van der Waals surface area (Å²) < 4.78 is 5.52. The van der Waals surface area contributed by atoms with Gasteiger partial charge in [-0.1, -0.05) is 36.4 Å². The van der Waals surface area contributed by atoms with Crippen molar-refractivity contribution in [3.05, 3.63) is 59.7 Å². The number of amides is 2. The quantitative estimate of drug-likeness (QED) is 0.542. The van der Waals surface area contributed by atoms with E-state index >= 15 is 0 Å². The minimum absolute atomic E-state index is 0.0500.